The number of carbonyl (C=O) groups excluding carboxylic acids is 2. The summed E-state index contributed by atoms with van der Waals surface area (Å²) >= 11 is 1.31. The molecule has 38 heavy (non-hydrogen) atoms. The fourth-order valence-corrected chi connectivity index (χ4v) is 7.10. The van der Waals surface area contributed by atoms with Gasteiger partial charge < -0.3 is 9.30 Å². The Bertz CT molecular complexity index is 1700. The molecule has 5 rings (SSSR count). The van der Waals surface area contributed by atoms with E-state index in [9.17, 15) is 18.0 Å². The fraction of sp³-hybridized carbons (Fsp3) is 0.250. The van der Waals surface area contributed by atoms with Crippen molar-refractivity contribution in [3.05, 3.63) is 93.8 Å². The molecule has 2 heterocycles. The van der Waals surface area contributed by atoms with Gasteiger partial charge in [-0.25, -0.2) is 13.2 Å². The first-order chi connectivity index (χ1) is 18.3. The highest BCUT2D eigenvalue weighted by atomic mass is 32.2. The van der Waals surface area contributed by atoms with E-state index in [4.69, 9.17) is 4.74 Å². The molecule has 1 aliphatic rings. The molecule has 1 aliphatic heterocycles. The lowest BCUT2D eigenvalue weighted by molar-refractivity contribution is 0.0526. The fourth-order valence-electron chi connectivity index (χ4n) is 4.55. The third-order valence-electron chi connectivity index (χ3n) is 6.54. The van der Waals surface area contributed by atoms with Crippen LogP contribution in [0.1, 0.15) is 45.7 Å². The molecular formula is C28H27N3O5S2. The van der Waals surface area contributed by atoms with Gasteiger partial charge in [-0.3, -0.25) is 4.79 Å². The number of sulfonamides is 1. The highest BCUT2D eigenvalue weighted by Crippen LogP contribution is 2.25. The molecule has 8 nitrogen and oxygen atoms in total. The number of esters is 1. The van der Waals surface area contributed by atoms with Gasteiger partial charge in [0.2, 0.25) is 10.0 Å². The second kappa shape index (κ2) is 10.6. The van der Waals surface area contributed by atoms with Gasteiger partial charge in [-0.1, -0.05) is 35.6 Å². The second-order valence-electron chi connectivity index (χ2n) is 8.83. The number of rotatable bonds is 6. The van der Waals surface area contributed by atoms with E-state index in [1.54, 1.807) is 19.1 Å². The van der Waals surface area contributed by atoms with E-state index in [2.05, 4.69) is 4.99 Å². The lowest BCUT2D eigenvalue weighted by Crippen LogP contribution is -2.35. The highest BCUT2D eigenvalue weighted by molar-refractivity contribution is 7.89. The number of nitrogens with zero attached hydrogens (tertiary/aromatic N) is 3. The molecule has 0 unspecified atom stereocenters. The largest absolute Gasteiger partial charge is 0.462 e. The number of thiazole rings is 1. The quantitative estimate of drug-likeness (QED) is 0.332. The third-order valence-corrected chi connectivity index (χ3v) is 9.44. The molecule has 4 aromatic rings. The molecule has 0 aliphatic carbocycles. The summed E-state index contributed by atoms with van der Waals surface area (Å²) < 4.78 is 35.8. The average Bonchev–Trinajstić information content (AvgIpc) is 3.28. The molecule has 196 valence electrons. The van der Waals surface area contributed by atoms with E-state index < -0.39 is 21.9 Å². The molecular weight excluding hydrogens is 522 g/mol. The van der Waals surface area contributed by atoms with Gasteiger partial charge in [0.05, 0.1) is 27.3 Å². The van der Waals surface area contributed by atoms with Gasteiger partial charge in [0.1, 0.15) is 0 Å². The minimum Gasteiger partial charge on any atom is -0.462 e. The summed E-state index contributed by atoms with van der Waals surface area (Å²) in [5.74, 6) is -0.871. The topological polar surface area (TPSA) is 98.0 Å². The van der Waals surface area contributed by atoms with E-state index in [-0.39, 0.29) is 11.5 Å². The first-order valence-electron chi connectivity index (χ1n) is 12.4. The van der Waals surface area contributed by atoms with Crippen LogP contribution in [0.5, 0.6) is 0 Å². The number of benzene rings is 3. The summed E-state index contributed by atoms with van der Waals surface area (Å²) in [5, 5.41) is 0. The molecule has 0 atom stereocenters. The van der Waals surface area contributed by atoms with Crippen molar-refractivity contribution in [3.8, 4) is 0 Å². The SMILES string of the molecule is CCOC(=O)c1ccc2c(c1)sc(=NC(=O)c1ccc(S(=O)(=O)N3CCc4ccccc4C3)cc1)n2CC. The van der Waals surface area contributed by atoms with E-state index in [1.807, 2.05) is 41.8 Å². The van der Waals surface area contributed by atoms with E-state index in [0.717, 1.165) is 15.8 Å². The number of fused-ring (bicyclic) bond motifs is 2. The predicted octanol–water partition coefficient (Wildman–Crippen LogP) is 4.39. The number of carbonyl (C=O) groups is 2. The van der Waals surface area contributed by atoms with E-state index in [0.29, 0.717) is 42.0 Å². The maximum absolute atomic E-state index is 13.3. The van der Waals surface area contributed by atoms with Gasteiger partial charge >= 0.3 is 5.97 Å². The monoisotopic (exact) mass is 549 g/mol. The second-order valence-corrected chi connectivity index (χ2v) is 11.8. The summed E-state index contributed by atoms with van der Waals surface area (Å²) in [4.78, 5) is 30.1. The Balaban J connectivity index is 1.40. The molecule has 0 fully saturated rings. The lowest BCUT2D eigenvalue weighted by Gasteiger charge is -2.28. The first kappa shape index (κ1) is 26.0. The normalized spacial score (nSPS) is 14.4. The summed E-state index contributed by atoms with van der Waals surface area (Å²) in [6.45, 7) is 5.32. The summed E-state index contributed by atoms with van der Waals surface area (Å²) in [6.07, 6.45) is 0.665. The van der Waals surface area contributed by atoms with Crippen molar-refractivity contribution in [1.82, 2.24) is 8.87 Å². The molecule has 0 bridgehead atoms. The Hall–Kier alpha value is -3.60. The van der Waals surface area contributed by atoms with Crippen LogP contribution in [-0.4, -0.2) is 42.3 Å². The van der Waals surface area contributed by atoms with Crippen molar-refractivity contribution in [2.45, 2.75) is 38.3 Å². The number of amides is 1. The average molecular weight is 550 g/mol. The van der Waals surface area contributed by atoms with Gasteiger partial charge in [0.25, 0.3) is 5.91 Å². The Kier molecular flexibility index (Phi) is 7.29. The van der Waals surface area contributed by atoms with Crippen molar-refractivity contribution >= 4 is 43.5 Å². The van der Waals surface area contributed by atoms with Gasteiger partial charge in [0, 0.05) is 25.2 Å². The third kappa shape index (κ3) is 4.94. The molecule has 0 N–H and O–H groups in total. The number of hydrogen-bond donors (Lipinski definition) is 0. The molecule has 0 saturated carbocycles. The van der Waals surface area contributed by atoms with Crippen LogP contribution in [0, 0.1) is 0 Å². The number of aromatic nitrogens is 1. The van der Waals surface area contributed by atoms with Crippen LogP contribution >= 0.6 is 11.3 Å². The maximum atomic E-state index is 13.3. The molecule has 1 amide bonds. The van der Waals surface area contributed by atoms with Crippen LogP contribution in [0.15, 0.2) is 76.6 Å². The van der Waals surface area contributed by atoms with Crippen LogP contribution < -0.4 is 4.80 Å². The maximum Gasteiger partial charge on any atom is 0.338 e. The van der Waals surface area contributed by atoms with Gasteiger partial charge in [0.15, 0.2) is 4.80 Å². The number of hydrogen-bond acceptors (Lipinski definition) is 6. The summed E-state index contributed by atoms with van der Waals surface area (Å²) in [5.41, 5.74) is 3.77. The van der Waals surface area contributed by atoms with Crippen LogP contribution in [0.3, 0.4) is 0 Å². The zero-order chi connectivity index (χ0) is 26.9. The standard InChI is InChI=1S/C28H27N3O5S2/c1-3-31-24-14-11-21(27(33)36-4-2)17-25(24)37-28(31)29-26(32)20-9-12-23(13-10-20)38(34,35)30-16-15-19-7-5-6-8-22(19)18-30/h5-14,17H,3-4,15-16,18H2,1-2H3. The summed E-state index contributed by atoms with van der Waals surface area (Å²) in [6, 6.07) is 19.0. The molecule has 0 spiro atoms. The molecule has 10 heteroatoms. The van der Waals surface area contributed by atoms with Crippen molar-refractivity contribution in [2.24, 2.45) is 4.99 Å². The van der Waals surface area contributed by atoms with Gasteiger partial charge in [-0.2, -0.15) is 9.30 Å². The highest BCUT2D eigenvalue weighted by Gasteiger charge is 2.28. The van der Waals surface area contributed by atoms with Gasteiger partial charge in [-0.15, -0.1) is 0 Å². The minimum absolute atomic E-state index is 0.144. The number of aryl methyl sites for hydroxylation is 1. The zero-order valence-electron chi connectivity index (χ0n) is 21.1. The predicted molar refractivity (Wildman–Crippen MR) is 146 cm³/mol. The minimum atomic E-state index is -3.70. The van der Waals surface area contributed by atoms with Crippen molar-refractivity contribution < 1.29 is 22.7 Å². The first-order valence-corrected chi connectivity index (χ1v) is 14.6. The van der Waals surface area contributed by atoms with Crippen molar-refractivity contribution in [1.29, 1.82) is 0 Å². The van der Waals surface area contributed by atoms with Crippen LogP contribution in [-0.2, 0) is 34.3 Å². The number of ether oxygens (including phenoxy) is 1. The van der Waals surface area contributed by atoms with Crippen molar-refractivity contribution in [3.63, 3.8) is 0 Å². The Morgan fingerprint density at radius 1 is 0.974 bits per heavy atom. The Morgan fingerprint density at radius 3 is 2.39 bits per heavy atom. The smallest absolute Gasteiger partial charge is 0.338 e. The van der Waals surface area contributed by atoms with Crippen LogP contribution in [0.2, 0.25) is 0 Å². The van der Waals surface area contributed by atoms with Crippen molar-refractivity contribution in [2.75, 3.05) is 13.2 Å². The van der Waals surface area contributed by atoms with E-state index >= 15 is 0 Å². The molecule has 1 aromatic heterocycles. The molecule has 0 radical (unpaired) electrons. The lowest BCUT2D eigenvalue weighted by atomic mass is 10.0. The van der Waals surface area contributed by atoms with Crippen LogP contribution in [0.25, 0.3) is 10.2 Å². The summed E-state index contributed by atoms with van der Waals surface area (Å²) in [7, 11) is -3.70. The zero-order valence-corrected chi connectivity index (χ0v) is 22.7. The molecule has 3 aromatic carbocycles. The van der Waals surface area contributed by atoms with Gasteiger partial charge in [-0.05, 0) is 73.9 Å². The van der Waals surface area contributed by atoms with E-state index in [1.165, 1.54) is 45.5 Å². The Labute approximate surface area is 224 Å². The van der Waals surface area contributed by atoms with Crippen LogP contribution in [0.4, 0.5) is 0 Å². The Morgan fingerprint density at radius 2 is 1.68 bits per heavy atom. The molecule has 0 saturated heterocycles.